The number of carbonyl (C=O) groups excluding carboxylic acids is 1. The van der Waals surface area contributed by atoms with Crippen LogP contribution in [0.3, 0.4) is 0 Å². The summed E-state index contributed by atoms with van der Waals surface area (Å²) < 4.78 is 18.2. The van der Waals surface area contributed by atoms with Crippen molar-refractivity contribution >= 4 is 5.91 Å². The van der Waals surface area contributed by atoms with Crippen LogP contribution in [0.5, 0.6) is 0 Å². The van der Waals surface area contributed by atoms with Gasteiger partial charge >= 0.3 is 0 Å². The predicted molar refractivity (Wildman–Crippen MR) is 72.5 cm³/mol. The maximum absolute atomic E-state index is 12.9. The first-order chi connectivity index (χ1) is 9.40. The Hall–Kier alpha value is -1.46. The molecule has 1 fully saturated rings. The molecule has 1 saturated heterocycles. The van der Waals surface area contributed by atoms with Gasteiger partial charge in [-0.05, 0) is 37.0 Å². The summed E-state index contributed by atoms with van der Waals surface area (Å²) in [4.78, 5) is 12.0. The molecule has 1 aromatic rings. The Balaban J connectivity index is 1.95. The van der Waals surface area contributed by atoms with Gasteiger partial charge in [-0.1, -0.05) is 19.1 Å². The zero-order valence-electron chi connectivity index (χ0n) is 11.7. The molecule has 1 aliphatic rings. The maximum Gasteiger partial charge on any atom is 0.249 e. The van der Waals surface area contributed by atoms with E-state index in [1.807, 2.05) is 6.92 Å². The van der Waals surface area contributed by atoms with E-state index in [4.69, 9.17) is 4.74 Å². The van der Waals surface area contributed by atoms with E-state index in [9.17, 15) is 14.3 Å². The van der Waals surface area contributed by atoms with Crippen LogP contribution in [-0.4, -0.2) is 30.3 Å². The molecule has 1 heterocycles. The summed E-state index contributed by atoms with van der Waals surface area (Å²) in [6.45, 7) is 4.20. The molecule has 5 heteroatoms. The van der Waals surface area contributed by atoms with Crippen molar-refractivity contribution in [3.8, 4) is 0 Å². The molecule has 0 spiro atoms. The number of benzene rings is 1. The standard InChI is InChI=1S/C15H20FNO3/c1-10-7-8-20-13(10)14(18)17-9-15(2,19)11-3-5-12(16)6-4-11/h3-6,10,13,19H,7-9H2,1-2H3,(H,17,18). The van der Waals surface area contributed by atoms with Crippen LogP contribution < -0.4 is 5.32 Å². The second kappa shape index (κ2) is 5.89. The van der Waals surface area contributed by atoms with Gasteiger partial charge in [0.1, 0.15) is 17.5 Å². The molecule has 0 aliphatic carbocycles. The van der Waals surface area contributed by atoms with E-state index in [1.165, 1.54) is 24.3 Å². The molecule has 2 rings (SSSR count). The van der Waals surface area contributed by atoms with Crippen LogP contribution in [0.4, 0.5) is 4.39 Å². The number of hydrogen-bond acceptors (Lipinski definition) is 3. The first kappa shape index (κ1) is 14.9. The van der Waals surface area contributed by atoms with Gasteiger partial charge in [0.15, 0.2) is 0 Å². The van der Waals surface area contributed by atoms with Crippen molar-refractivity contribution in [1.29, 1.82) is 0 Å². The molecule has 20 heavy (non-hydrogen) atoms. The zero-order valence-corrected chi connectivity index (χ0v) is 11.7. The number of carbonyl (C=O) groups is 1. The summed E-state index contributed by atoms with van der Waals surface area (Å²) in [7, 11) is 0. The first-order valence-corrected chi connectivity index (χ1v) is 6.78. The van der Waals surface area contributed by atoms with Crippen molar-refractivity contribution in [1.82, 2.24) is 5.32 Å². The van der Waals surface area contributed by atoms with Gasteiger partial charge in [-0.2, -0.15) is 0 Å². The van der Waals surface area contributed by atoms with Crippen LogP contribution in [0, 0.1) is 11.7 Å². The van der Waals surface area contributed by atoms with Crippen molar-refractivity contribution < 1.29 is 19.0 Å². The second-order valence-corrected chi connectivity index (χ2v) is 5.56. The summed E-state index contributed by atoms with van der Waals surface area (Å²) in [6.07, 6.45) is 0.422. The van der Waals surface area contributed by atoms with E-state index in [-0.39, 0.29) is 24.2 Å². The Bertz CT molecular complexity index is 473. The van der Waals surface area contributed by atoms with E-state index in [2.05, 4.69) is 5.32 Å². The molecule has 2 N–H and O–H groups in total. The summed E-state index contributed by atoms with van der Waals surface area (Å²) >= 11 is 0. The molecule has 1 aliphatic heterocycles. The van der Waals surface area contributed by atoms with Crippen molar-refractivity contribution in [2.45, 2.75) is 32.0 Å². The Kier molecular flexibility index (Phi) is 4.40. The van der Waals surface area contributed by atoms with Gasteiger partial charge in [0.05, 0.1) is 6.54 Å². The fraction of sp³-hybridized carbons (Fsp3) is 0.533. The van der Waals surface area contributed by atoms with Crippen LogP contribution in [0.15, 0.2) is 24.3 Å². The number of ether oxygens (including phenoxy) is 1. The van der Waals surface area contributed by atoms with E-state index in [1.54, 1.807) is 6.92 Å². The molecule has 0 bridgehead atoms. The summed E-state index contributed by atoms with van der Waals surface area (Å²) in [6, 6.07) is 5.59. The van der Waals surface area contributed by atoms with Gasteiger partial charge < -0.3 is 15.2 Å². The molecular weight excluding hydrogens is 261 g/mol. The fourth-order valence-corrected chi connectivity index (χ4v) is 2.30. The Morgan fingerprint density at radius 1 is 1.50 bits per heavy atom. The van der Waals surface area contributed by atoms with Crippen molar-refractivity contribution in [2.24, 2.45) is 5.92 Å². The minimum atomic E-state index is -1.24. The fourth-order valence-electron chi connectivity index (χ4n) is 2.30. The highest BCUT2D eigenvalue weighted by atomic mass is 19.1. The Labute approximate surface area is 117 Å². The Morgan fingerprint density at radius 3 is 2.70 bits per heavy atom. The smallest absolute Gasteiger partial charge is 0.249 e. The molecule has 3 unspecified atom stereocenters. The lowest BCUT2D eigenvalue weighted by molar-refractivity contribution is -0.132. The third-order valence-corrected chi connectivity index (χ3v) is 3.72. The molecule has 3 atom stereocenters. The number of amides is 1. The summed E-state index contributed by atoms with van der Waals surface area (Å²) in [5, 5.41) is 13.1. The number of halogens is 1. The molecule has 0 saturated carbocycles. The second-order valence-electron chi connectivity index (χ2n) is 5.56. The number of rotatable bonds is 4. The highest BCUT2D eigenvalue weighted by molar-refractivity contribution is 5.81. The van der Waals surface area contributed by atoms with Crippen LogP contribution >= 0.6 is 0 Å². The topological polar surface area (TPSA) is 58.6 Å². The minimum Gasteiger partial charge on any atom is -0.384 e. The van der Waals surface area contributed by atoms with Gasteiger partial charge in [-0.15, -0.1) is 0 Å². The zero-order chi connectivity index (χ0) is 14.8. The molecular formula is C15H20FNO3. The quantitative estimate of drug-likeness (QED) is 0.881. The minimum absolute atomic E-state index is 0.0596. The Morgan fingerprint density at radius 2 is 2.15 bits per heavy atom. The average Bonchev–Trinajstić information content (AvgIpc) is 2.83. The largest absolute Gasteiger partial charge is 0.384 e. The number of nitrogens with one attached hydrogen (secondary N) is 1. The summed E-state index contributed by atoms with van der Waals surface area (Å²) in [5.74, 6) is -0.384. The van der Waals surface area contributed by atoms with Gasteiger partial charge in [-0.3, -0.25) is 4.79 Å². The van der Waals surface area contributed by atoms with Crippen LogP contribution in [0.25, 0.3) is 0 Å². The average molecular weight is 281 g/mol. The molecule has 1 amide bonds. The van der Waals surface area contributed by atoms with Crippen molar-refractivity contribution in [2.75, 3.05) is 13.2 Å². The van der Waals surface area contributed by atoms with Gasteiger partial charge in [0.2, 0.25) is 5.91 Å². The lowest BCUT2D eigenvalue weighted by Gasteiger charge is -2.25. The normalized spacial score (nSPS) is 25.2. The first-order valence-electron chi connectivity index (χ1n) is 6.78. The molecule has 4 nitrogen and oxygen atoms in total. The van der Waals surface area contributed by atoms with Crippen molar-refractivity contribution in [3.05, 3.63) is 35.6 Å². The van der Waals surface area contributed by atoms with Gasteiger partial charge in [0.25, 0.3) is 0 Å². The highest BCUT2D eigenvalue weighted by Crippen LogP contribution is 2.22. The number of hydrogen-bond donors (Lipinski definition) is 2. The lowest BCUT2D eigenvalue weighted by Crippen LogP contribution is -2.44. The van der Waals surface area contributed by atoms with E-state index in [0.717, 1.165) is 6.42 Å². The predicted octanol–water partition coefficient (Wildman–Crippen LogP) is 1.57. The highest BCUT2D eigenvalue weighted by Gasteiger charge is 2.32. The molecule has 0 aromatic heterocycles. The molecule has 1 aromatic carbocycles. The van der Waals surface area contributed by atoms with E-state index in [0.29, 0.717) is 12.2 Å². The SMILES string of the molecule is CC1CCOC1C(=O)NCC(C)(O)c1ccc(F)cc1. The third-order valence-electron chi connectivity index (χ3n) is 3.72. The molecule has 0 radical (unpaired) electrons. The lowest BCUT2D eigenvalue weighted by atomic mass is 9.95. The van der Waals surface area contributed by atoms with Crippen LogP contribution in [0.2, 0.25) is 0 Å². The maximum atomic E-state index is 12.9. The van der Waals surface area contributed by atoms with Crippen LogP contribution in [0.1, 0.15) is 25.8 Å². The summed E-state index contributed by atoms with van der Waals surface area (Å²) in [5.41, 5.74) is -0.690. The van der Waals surface area contributed by atoms with E-state index >= 15 is 0 Å². The van der Waals surface area contributed by atoms with Gasteiger partial charge in [0, 0.05) is 6.61 Å². The van der Waals surface area contributed by atoms with Crippen LogP contribution in [-0.2, 0) is 15.1 Å². The van der Waals surface area contributed by atoms with E-state index < -0.39 is 11.7 Å². The van der Waals surface area contributed by atoms with Gasteiger partial charge in [-0.25, -0.2) is 4.39 Å². The van der Waals surface area contributed by atoms with Crippen molar-refractivity contribution in [3.63, 3.8) is 0 Å². The molecule has 110 valence electrons. The number of aliphatic hydroxyl groups is 1. The monoisotopic (exact) mass is 281 g/mol. The third kappa shape index (κ3) is 3.35.